The summed E-state index contributed by atoms with van der Waals surface area (Å²) in [7, 11) is 0. The molecule has 0 saturated carbocycles. The van der Waals surface area contributed by atoms with Crippen molar-refractivity contribution in [1.82, 2.24) is 14.5 Å². The fourth-order valence-electron chi connectivity index (χ4n) is 1.84. The largest absolute Gasteiger partial charge is 0.445 e. The summed E-state index contributed by atoms with van der Waals surface area (Å²) in [4.78, 5) is 20.1. The molecule has 0 saturated heterocycles. The SMILES string of the molecule is Cc1nc2c(o1)CCn1ccnc1C2=O. The number of rotatable bonds is 0. The normalized spacial score (nSPS) is 14.6. The van der Waals surface area contributed by atoms with Gasteiger partial charge in [0, 0.05) is 32.3 Å². The lowest BCUT2D eigenvalue weighted by Crippen LogP contribution is -2.08. The first kappa shape index (κ1) is 8.40. The van der Waals surface area contributed by atoms with Crippen LogP contribution in [-0.4, -0.2) is 20.3 Å². The van der Waals surface area contributed by atoms with Crippen LogP contribution >= 0.6 is 0 Å². The molecule has 3 heterocycles. The van der Waals surface area contributed by atoms with Gasteiger partial charge in [-0.2, -0.15) is 0 Å². The van der Waals surface area contributed by atoms with Crippen LogP contribution in [0.5, 0.6) is 0 Å². The van der Waals surface area contributed by atoms with Crippen LogP contribution < -0.4 is 0 Å². The maximum Gasteiger partial charge on any atom is 0.250 e. The first-order chi connectivity index (χ1) is 7.25. The third-order valence-corrected chi connectivity index (χ3v) is 2.52. The second kappa shape index (κ2) is 2.79. The van der Waals surface area contributed by atoms with E-state index in [-0.39, 0.29) is 5.78 Å². The Morgan fingerprint density at radius 2 is 2.40 bits per heavy atom. The molecular formula is C10H9N3O2. The molecule has 0 radical (unpaired) electrons. The molecule has 2 aromatic rings. The van der Waals surface area contributed by atoms with Gasteiger partial charge in [0.15, 0.2) is 17.4 Å². The van der Waals surface area contributed by atoms with Crippen LogP contribution in [0.15, 0.2) is 16.8 Å². The smallest absolute Gasteiger partial charge is 0.250 e. The Morgan fingerprint density at radius 1 is 1.53 bits per heavy atom. The second-order valence-electron chi connectivity index (χ2n) is 3.53. The van der Waals surface area contributed by atoms with E-state index in [0.29, 0.717) is 36.1 Å². The summed E-state index contributed by atoms with van der Waals surface area (Å²) in [6.07, 6.45) is 4.11. The minimum Gasteiger partial charge on any atom is -0.445 e. The number of aromatic nitrogens is 3. The van der Waals surface area contributed by atoms with Crippen LogP contribution in [0.25, 0.3) is 0 Å². The molecule has 0 atom stereocenters. The van der Waals surface area contributed by atoms with E-state index in [4.69, 9.17) is 4.42 Å². The first-order valence-electron chi connectivity index (χ1n) is 4.78. The van der Waals surface area contributed by atoms with Gasteiger partial charge in [0.05, 0.1) is 0 Å². The molecule has 1 aliphatic heterocycles. The molecule has 3 rings (SSSR count). The molecule has 15 heavy (non-hydrogen) atoms. The van der Waals surface area contributed by atoms with Crippen LogP contribution in [0.1, 0.15) is 28.0 Å². The van der Waals surface area contributed by atoms with Gasteiger partial charge in [-0.25, -0.2) is 9.97 Å². The van der Waals surface area contributed by atoms with Gasteiger partial charge >= 0.3 is 0 Å². The van der Waals surface area contributed by atoms with Crippen molar-refractivity contribution in [2.45, 2.75) is 19.9 Å². The van der Waals surface area contributed by atoms with Crippen molar-refractivity contribution < 1.29 is 9.21 Å². The fraction of sp³-hybridized carbons (Fsp3) is 0.300. The molecule has 0 bridgehead atoms. The number of aryl methyl sites for hydroxylation is 3. The molecule has 0 aliphatic carbocycles. The van der Waals surface area contributed by atoms with Crippen molar-refractivity contribution >= 4 is 5.78 Å². The van der Waals surface area contributed by atoms with Crippen molar-refractivity contribution in [2.75, 3.05) is 0 Å². The van der Waals surface area contributed by atoms with Crippen LogP contribution in [-0.2, 0) is 13.0 Å². The van der Waals surface area contributed by atoms with Gasteiger partial charge in [0.25, 0.3) is 0 Å². The van der Waals surface area contributed by atoms with Crippen molar-refractivity contribution in [2.24, 2.45) is 0 Å². The predicted octanol–water partition coefficient (Wildman–Crippen LogP) is 0.967. The topological polar surface area (TPSA) is 60.9 Å². The summed E-state index contributed by atoms with van der Waals surface area (Å²) in [6.45, 7) is 2.46. The van der Waals surface area contributed by atoms with Crippen molar-refractivity contribution in [3.63, 3.8) is 0 Å². The van der Waals surface area contributed by atoms with Crippen LogP contribution in [0.2, 0.25) is 0 Å². The minimum atomic E-state index is -0.149. The summed E-state index contributed by atoms with van der Waals surface area (Å²) in [5, 5.41) is 0. The van der Waals surface area contributed by atoms with E-state index in [1.54, 1.807) is 19.3 Å². The Hall–Kier alpha value is -1.91. The molecule has 0 fully saturated rings. The minimum absolute atomic E-state index is 0.149. The van der Waals surface area contributed by atoms with E-state index in [1.807, 2.05) is 4.57 Å². The average Bonchev–Trinajstić information content (AvgIpc) is 2.77. The zero-order valence-corrected chi connectivity index (χ0v) is 8.23. The summed E-state index contributed by atoms with van der Waals surface area (Å²) >= 11 is 0. The van der Waals surface area contributed by atoms with E-state index >= 15 is 0 Å². The summed E-state index contributed by atoms with van der Waals surface area (Å²) in [6, 6.07) is 0. The highest BCUT2D eigenvalue weighted by Gasteiger charge is 2.26. The van der Waals surface area contributed by atoms with Crippen molar-refractivity contribution in [3.05, 3.63) is 35.6 Å². The number of carbonyl (C=O) groups is 1. The van der Waals surface area contributed by atoms with Gasteiger partial charge in [-0.15, -0.1) is 0 Å². The first-order valence-corrected chi connectivity index (χ1v) is 4.78. The van der Waals surface area contributed by atoms with E-state index in [1.165, 1.54) is 0 Å². The summed E-state index contributed by atoms with van der Waals surface area (Å²) in [5.74, 6) is 1.50. The molecule has 0 amide bonds. The molecule has 2 aromatic heterocycles. The Labute approximate surface area is 85.8 Å². The lowest BCUT2D eigenvalue weighted by molar-refractivity contribution is 0.102. The van der Waals surface area contributed by atoms with E-state index in [2.05, 4.69) is 9.97 Å². The highest BCUT2D eigenvalue weighted by molar-refractivity contribution is 6.06. The molecule has 0 spiro atoms. The van der Waals surface area contributed by atoms with Gasteiger partial charge < -0.3 is 8.98 Å². The van der Waals surface area contributed by atoms with Crippen molar-refractivity contribution in [3.8, 4) is 0 Å². The Morgan fingerprint density at radius 3 is 3.27 bits per heavy atom. The lowest BCUT2D eigenvalue weighted by atomic mass is 10.2. The molecule has 5 heteroatoms. The van der Waals surface area contributed by atoms with Gasteiger partial charge in [-0.1, -0.05) is 0 Å². The number of hydrogen-bond acceptors (Lipinski definition) is 4. The van der Waals surface area contributed by atoms with E-state index in [9.17, 15) is 4.79 Å². The number of carbonyl (C=O) groups excluding carboxylic acids is 1. The third-order valence-electron chi connectivity index (χ3n) is 2.52. The Kier molecular flexibility index (Phi) is 1.56. The van der Waals surface area contributed by atoms with Gasteiger partial charge in [-0.3, -0.25) is 4.79 Å². The van der Waals surface area contributed by atoms with Crippen molar-refractivity contribution in [1.29, 1.82) is 0 Å². The third kappa shape index (κ3) is 1.12. The summed E-state index contributed by atoms with van der Waals surface area (Å²) < 4.78 is 7.21. The molecule has 76 valence electrons. The summed E-state index contributed by atoms with van der Waals surface area (Å²) in [5.41, 5.74) is 0.414. The monoisotopic (exact) mass is 203 g/mol. The standard InChI is InChI=1S/C10H9N3O2/c1-6-12-8-7(15-6)2-4-13-5-3-11-10(13)9(8)14/h3,5H,2,4H2,1H3. The number of oxazole rings is 1. The molecule has 0 aromatic carbocycles. The highest BCUT2D eigenvalue weighted by Crippen LogP contribution is 2.19. The Balaban J connectivity index is 2.21. The number of nitrogens with zero attached hydrogens (tertiary/aromatic N) is 3. The second-order valence-corrected chi connectivity index (χ2v) is 3.53. The maximum atomic E-state index is 12.0. The van der Waals surface area contributed by atoms with Crippen LogP contribution in [0, 0.1) is 6.92 Å². The van der Waals surface area contributed by atoms with Gasteiger partial charge in [0.1, 0.15) is 5.76 Å². The van der Waals surface area contributed by atoms with Gasteiger partial charge in [-0.05, 0) is 0 Å². The molecule has 0 N–H and O–H groups in total. The van der Waals surface area contributed by atoms with Gasteiger partial charge in [0.2, 0.25) is 5.78 Å². The number of ketones is 1. The molecule has 0 unspecified atom stereocenters. The quantitative estimate of drug-likeness (QED) is 0.640. The van der Waals surface area contributed by atoms with Crippen LogP contribution in [0.4, 0.5) is 0 Å². The van der Waals surface area contributed by atoms with E-state index in [0.717, 1.165) is 0 Å². The number of fused-ring (bicyclic) bond motifs is 2. The maximum absolute atomic E-state index is 12.0. The average molecular weight is 203 g/mol. The van der Waals surface area contributed by atoms with Crippen LogP contribution in [0.3, 0.4) is 0 Å². The fourth-order valence-corrected chi connectivity index (χ4v) is 1.84. The molecule has 1 aliphatic rings. The molecular weight excluding hydrogens is 194 g/mol. The predicted molar refractivity (Wildman–Crippen MR) is 50.6 cm³/mol. The number of hydrogen-bond donors (Lipinski definition) is 0. The lowest BCUT2D eigenvalue weighted by Gasteiger charge is -1.99. The molecule has 5 nitrogen and oxygen atoms in total. The zero-order chi connectivity index (χ0) is 10.4. The zero-order valence-electron chi connectivity index (χ0n) is 8.23. The number of imidazole rings is 1. The van der Waals surface area contributed by atoms with E-state index < -0.39 is 0 Å². The Bertz CT molecular complexity index is 539. The highest BCUT2D eigenvalue weighted by atomic mass is 16.4.